The first-order chi connectivity index (χ1) is 12.6. The first-order valence-corrected chi connectivity index (χ1v) is 11.1. The summed E-state index contributed by atoms with van der Waals surface area (Å²) < 4.78 is 0. The molecule has 0 atom stereocenters. The van der Waals surface area contributed by atoms with Crippen LogP contribution in [0.5, 0.6) is 0 Å². The van der Waals surface area contributed by atoms with Crippen LogP contribution in [0.1, 0.15) is 0 Å². The monoisotopic (exact) mass is 362 g/mol. The van der Waals surface area contributed by atoms with E-state index in [1.165, 1.54) is 15.9 Å². The van der Waals surface area contributed by atoms with Crippen molar-refractivity contribution in [3.63, 3.8) is 0 Å². The lowest BCUT2D eigenvalue weighted by Gasteiger charge is -2.29. The van der Waals surface area contributed by atoms with Gasteiger partial charge in [0.1, 0.15) is 23.2 Å². The summed E-state index contributed by atoms with van der Waals surface area (Å²) in [5.41, 5.74) is 0. The highest BCUT2D eigenvalue weighted by atomic mass is 31.2. The van der Waals surface area contributed by atoms with Crippen LogP contribution in [-0.4, -0.2) is 36.6 Å². The zero-order chi connectivity index (χ0) is 18.4. The van der Waals surface area contributed by atoms with Gasteiger partial charge in [-0.1, -0.05) is 54.6 Å². The molecule has 0 aromatic heterocycles. The number of rotatable bonds is 7. The average molecular weight is 362 g/mol. The third kappa shape index (κ3) is 3.91. The van der Waals surface area contributed by atoms with E-state index in [2.05, 4.69) is 91.0 Å². The largest absolute Gasteiger partial charge is 0.437 e. The van der Waals surface area contributed by atoms with E-state index in [1.54, 1.807) is 0 Å². The molecule has 0 heterocycles. The minimum atomic E-state index is -1.80. The van der Waals surface area contributed by atoms with Crippen molar-refractivity contribution >= 4 is 30.2 Å². The second kappa shape index (κ2) is 8.64. The molecule has 0 aliphatic heterocycles. The molecule has 0 saturated heterocycles. The van der Waals surface area contributed by atoms with Crippen LogP contribution in [0, 0.1) is 0 Å². The molecule has 1 N–H and O–H groups in total. The third-order valence-corrected chi connectivity index (χ3v) is 9.43. The number of hydrogen-bond acceptors (Lipinski definition) is 2. The molecule has 3 aromatic rings. The highest BCUT2D eigenvalue weighted by Crippen LogP contribution is 2.55. The summed E-state index contributed by atoms with van der Waals surface area (Å²) in [4.78, 5) is 2.02. The maximum atomic E-state index is 9.97. The predicted molar refractivity (Wildman–Crippen MR) is 116 cm³/mol. The number of hydrogen-bond donors (Lipinski definition) is 1. The Labute approximate surface area is 158 Å². The van der Waals surface area contributed by atoms with Crippen molar-refractivity contribution in [2.45, 2.75) is 6.82 Å². The fourth-order valence-corrected chi connectivity index (χ4v) is 7.70. The Morgan fingerprint density at radius 2 is 1.08 bits per heavy atom. The maximum absolute atomic E-state index is 9.97. The van der Waals surface area contributed by atoms with E-state index in [0.29, 0.717) is 0 Å². The summed E-state index contributed by atoms with van der Waals surface area (Å²) in [6, 6.07) is 32.6. The number of nitrogens with zero attached hydrogens (tertiary/aromatic N) is 1. The van der Waals surface area contributed by atoms with Crippen LogP contribution >= 0.6 is 7.26 Å². The van der Waals surface area contributed by atoms with Crippen LogP contribution in [0.3, 0.4) is 0 Å². The molecule has 0 radical (unpaired) electrons. The molecular weight excluding hydrogens is 336 g/mol. The van der Waals surface area contributed by atoms with Gasteiger partial charge in [-0.15, -0.1) is 0 Å². The molecule has 132 valence electrons. The summed E-state index contributed by atoms with van der Waals surface area (Å²) in [5, 5.41) is 14.1. The zero-order valence-electron chi connectivity index (χ0n) is 15.5. The molecular formula is C22H26BNOP+. The van der Waals surface area contributed by atoms with Crippen molar-refractivity contribution in [3.8, 4) is 0 Å². The fourth-order valence-electron chi connectivity index (χ4n) is 3.38. The minimum absolute atomic E-state index is 0.445. The van der Waals surface area contributed by atoms with Gasteiger partial charge in [0, 0.05) is 6.54 Å². The number of benzene rings is 3. The second-order valence-corrected chi connectivity index (χ2v) is 10.3. The van der Waals surface area contributed by atoms with Crippen LogP contribution in [0.4, 0.5) is 0 Å². The molecule has 0 spiro atoms. The van der Waals surface area contributed by atoms with Crippen molar-refractivity contribution in [1.82, 2.24) is 4.81 Å². The lowest BCUT2D eigenvalue weighted by atomic mass is 9.86. The highest BCUT2D eigenvalue weighted by Gasteiger charge is 2.45. The van der Waals surface area contributed by atoms with Gasteiger partial charge in [-0.25, -0.2) is 0 Å². The molecule has 4 heteroatoms. The SMILES string of the molecule is CB(O)N(C)CC[P+](c1ccccc1)(c1ccccc1)c1ccccc1. The quantitative estimate of drug-likeness (QED) is 0.516. The van der Waals surface area contributed by atoms with Gasteiger partial charge < -0.3 is 9.83 Å². The summed E-state index contributed by atoms with van der Waals surface area (Å²) >= 11 is 0. The zero-order valence-corrected chi connectivity index (χ0v) is 16.4. The second-order valence-electron chi connectivity index (χ2n) is 6.65. The van der Waals surface area contributed by atoms with E-state index in [0.717, 1.165) is 12.7 Å². The molecule has 0 saturated carbocycles. The smallest absolute Gasteiger partial charge is 0.376 e. The average Bonchev–Trinajstić information content (AvgIpc) is 2.70. The Balaban J connectivity index is 2.18. The summed E-state index contributed by atoms with van der Waals surface area (Å²) in [6.45, 7) is 2.66. The molecule has 0 aliphatic rings. The Morgan fingerprint density at radius 3 is 1.38 bits per heavy atom. The molecule has 0 bridgehead atoms. The van der Waals surface area contributed by atoms with Crippen molar-refractivity contribution in [3.05, 3.63) is 91.0 Å². The topological polar surface area (TPSA) is 23.5 Å². The molecule has 26 heavy (non-hydrogen) atoms. The van der Waals surface area contributed by atoms with Crippen LogP contribution in [0.15, 0.2) is 91.0 Å². The molecule has 2 nitrogen and oxygen atoms in total. The fraction of sp³-hybridized carbons (Fsp3) is 0.182. The first kappa shape index (κ1) is 18.9. The van der Waals surface area contributed by atoms with E-state index in [4.69, 9.17) is 0 Å². The Hall–Kier alpha value is -1.93. The van der Waals surface area contributed by atoms with Crippen LogP contribution in [-0.2, 0) is 0 Å². The van der Waals surface area contributed by atoms with Gasteiger partial charge in [0.2, 0.25) is 0 Å². The Morgan fingerprint density at radius 1 is 0.731 bits per heavy atom. The van der Waals surface area contributed by atoms with Crippen molar-refractivity contribution in [2.24, 2.45) is 0 Å². The minimum Gasteiger partial charge on any atom is -0.437 e. The lowest BCUT2D eigenvalue weighted by Crippen LogP contribution is -2.40. The van der Waals surface area contributed by atoms with Gasteiger partial charge in [-0.3, -0.25) is 0 Å². The van der Waals surface area contributed by atoms with Gasteiger partial charge in [0.05, 0.1) is 6.16 Å². The lowest BCUT2D eigenvalue weighted by molar-refractivity contribution is 0.435. The molecule has 3 aromatic carbocycles. The van der Waals surface area contributed by atoms with Crippen LogP contribution < -0.4 is 15.9 Å². The van der Waals surface area contributed by atoms with E-state index in [1.807, 2.05) is 18.7 Å². The molecule has 3 rings (SSSR count). The third-order valence-electron chi connectivity index (χ3n) is 5.02. The van der Waals surface area contributed by atoms with E-state index >= 15 is 0 Å². The first-order valence-electron chi connectivity index (χ1n) is 9.08. The molecule has 0 aliphatic carbocycles. The van der Waals surface area contributed by atoms with Crippen LogP contribution in [0.25, 0.3) is 0 Å². The Kier molecular flexibility index (Phi) is 6.27. The summed E-state index contributed by atoms with van der Waals surface area (Å²) in [6.07, 6.45) is 0.992. The highest BCUT2D eigenvalue weighted by molar-refractivity contribution is 7.95. The van der Waals surface area contributed by atoms with E-state index in [9.17, 15) is 5.02 Å². The molecule has 0 unspecified atom stereocenters. The van der Waals surface area contributed by atoms with Gasteiger partial charge >= 0.3 is 7.05 Å². The van der Waals surface area contributed by atoms with Gasteiger partial charge in [0.25, 0.3) is 0 Å². The normalized spacial score (nSPS) is 11.5. The predicted octanol–water partition coefficient (Wildman–Crippen LogP) is 3.02. The molecule has 0 amide bonds. The van der Waals surface area contributed by atoms with Crippen molar-refractivity contribution < 1.29 is 5.02 Å². The van der Waals surface area contributed by atoms with Gasteiger partial charge in [0.15, 0.2) is 0 Å². The van der Waals surface area contributed by atoms with Crippen molar-refractivity contribution in [2.75, 3.05) is 19.8 Å². The standard InChI is InChI=1S/C22H26BNOP/c1-23(25)24(2)18-19-26(20-12-6-3-7-13-20,21-14-8-4-9-15-21)22-16-10-5-11-17-22/h3-17,25H,18-19H2,1-2H3/q+1. The van der Waals surface area contributed by atoms with Gasteiger partial charge in [-0.2, -0.15) is 0 Å². The van der Waals surface area contributed by atoms with Crippen LogP contribution in [0.2, 0.25) is 6.82 Å². The van der Waals surface area contributed by atoms with Gasteiger partial charge in [-0.05, 0) is 50.3 Å². The summed E-state index contributed by atoms with van der Waals surface area (Å²) in [5.74, 6) is 0. The van der Waals surface area contributed by atoms with E-state index < -0.39 is 14.3 Å². The Bertz CT molecular complexity index is 699. The maximum Gasteiger partial charge on any atom is 0.376 e. The van der Waals surface area contributed by atoms with E-state index in [-0.39, 0.29) is 0 Å². The summed E-state index contributed by atoms with van der Waals surface area (Å²) in [7, 11) is -0.258. The molecule has 0 fully saturated rings. The van der Waals surface area contributed by atoms with Crippen molar-refractivity contribution in [1.29, 1.82) is 0 Å².